The molecule has 0 heterocycles. The molecule has 0 N–H and O–H groups in total. The summed E-state index contributed by atoms with van der Waals surface area (Å²) in [5.74, 6) is 0. The molecule has 0 radical (unpaired) electrons. The molecular weight excluding hydrogens is 183 g/mol. The molecule has 0 aromatic heterocycles. The summed E-state index contributed by atoms with van der Waals surface area (Å²) in [5.41, 5.74) is 1.12. The highest BCUT2D eigenvalue weighted by Gasteiger charge is 2.06. The van der Waals surface area contributed by atoms with Gasteiger partial charge in [0, 0.05) is 5.30 Å². The molecular formula is C10H15O2P. The van der Waals surface area contributed by atoms with Crippen LogP contribution < -0.4 is 5.30 Å². The van der Waals surface area contributed by atoms with Crippen LogP contribution in [0, 0.1) is 0 Å². The Morgan fingerprint density at radius 3 is 2.62 bits per heavy atom. The first-order valence-electron chi connectivity index (χ1n) is 4.54. The third kappa shape index (κ3) is 2.68. The van der Waals surface area contributed by atoms with Crippen molar-refractivity contribution >= 4 is 13.3 Å². The highest BCUT2D eigenvalue weighted by molar-refractivity contribution is 7.48. The fourth-order valence-corrected chi connectivity index (χ4v) is 2.41. The number of benzene rings is 1. The molecule has 13 heavy (non-hydrogen) atoms. The molecule has 0 aliphatic rings. The van der Waals surface area contributed by atoms with Crippen molar-refractivity contribution < 1.29 is 9.09 Å². The Morgan fingerprint density at radius 2 is 2.00 bits per heavy atom. The van der Waals surface area contributed by atoms with E-state index in [9.17, 15) is 4.57 Å². The van der Waals surface area contributed by atoms with Crippen molar-refractivity contribution in [2.24, 2.45) is 0 Å². The van der Waals surface area contributed by atoms with Crippen LogP contribution in [0.1, 0.15) is 19.4 Å². The van der Waals surface area contributed by atoms with E-state index in [0.717, 1.165) is 17.3 Å². The maximum absolute atomic E-state index is 11.6. The highest BCUT2D eigenvalue weighted by Crippen LogP contribution is 2.23. The van der Waals surface area contributed by atoms with Gasteiger partial charge in [0.1, 0.15) is 0 Å². The fourth-order valence-electron chi connectivity index (χ4n) is 1.24. The Kier molecular flexibility index (Phi) is 4.20. The summed E-state index contributed by atoms with van der Waals surface area (Å²) in [5, 5.41) is 0.872. The highest BCUT2D eigenvalue weighted by atomic mass is 31.1. The maximum Gasteiger partial charge on any atom is 0.220 e. The summed E-state index contributed by atoms with van der Waals surface area (Å²) in [4.78, 5) is 0. The number of rotatable bonds is 4. The van der Waals surface area contributed by atoms with Crippen LogP contribution in [0.25, 0.3) is 0 Å². The Bertz CT molecular complexity index is 297. The Hall–Kier alpha value is -0.590. The Morgan fingerprint density at radius 1 is 1.31 bits per heavy atom. The van der Waals surface area contributed by atoms with E-state index in [2.05, 4.69) is 6.92 Å². The van der Waals surface area contributed by atoms with Crippen molar-refractivity contribution in [1.82, 2.24) is 0 Å². The zero-order valence-corrected chi connectivity index (χ0v) is 9.04. The van der Waals surface area contributed by atoms with E-state index in [1.54, 1.807) is 0 Å². The lowest BCUT2D eigenvalue weighted by molar-refractivity contribution is 0.357. The van der Waals surface area contributed by atoms with E-state index in [0.29, 0.717) is 6.61 Å². The molecule has 0 bridgehead atoms. The molecule has 1 aromatic rings. The normalized spacial score (nSPS) is 12.8. The number of aryl methyl sites for hydroxylation is 1. The number of hydrogen-bond donors (Lipinski definition) is 0. The van der Waals surface area contributed by atoms with Gasteiger partial charge in [0.2, 0.25) is 8.03 Å². The van der Waals surface area contributed by atoms with Crippen LogP contribution in [0.2, 0.25) is 0 Å². The van der Waals surface area contributed by atoms with E-state index < -0.39 is 8.03 Å². The van der Waals surface area contributed by atoms with Gasteiger partial charge in [0.05, 0.1) is 6.61 Å². The third-order valence-corrected chi connectivity index (χ3v) is 3.37. The lowest BCUT2D eigenvalue weighted by atomic mass is 10.2. The van der Waals surface area contributed by atoms with Crippen molar-refractivity contribution in [3.05, 3.63) is 29.8 Å². The Balaban J connectivity index is 2.92. The molecule has 1 atom stereocenters. The van der Waals surface area contributed by atoms with Crippen molar-refractivity contribution in [2.75, 3.05) is 6.61 Å². The fraction of sp³-hybridized carbons (Fsp3) is 0.400. The van der Waals surface area contributed by atoms with Crippen LogP contribution in [0.3, 0.4) is 0 Å². The molecule has 0 amide bonds. The molecule has 0 spiro atoms. The first-order valence-corrected chi connectivity index (χ1v) is 5.86. The lowest BCUT2D eigenvalue weighted by Crippen LogP contribution is -2.05. The van der Waals surface area contributed by atoms with Gasteiger partial charge in [-0.25, -0.2) is 0 Å². The molecule has 0 saturated heterocycles. The molecule has 0 saturated carbocycles. The predicted octanol–water partition coefficient (Wildman–Crippen LogP) is 2.39. The summed E-state index contributed by atoms with van der Waals surface area (Å²) in [6.07, 6.45) is 0.902. The van der Waals surface area contributed by atoms with Crippen molar-refractivity contribution in [3.8, 4) is 0 Å². The van der Waals surface area contributed by atoms with E-state index in [-0.39, 0.29) is 0 Å². The van der Waals surface area contributed by atoms with Gasteiger partial charge in [-0.3, -0.25) is 4.57 Å². The van der Waals surface area contributed by atoms with Crippen LogP contribution >= 0.6 is 8.03 Å². The topological polar surface area (TPSA) is 26.3 Å². The minimum atomic E-state index is -2.01. The smallest absolute Gasteiger partial charge is 0.220 e. The van der Waals surface area contributed by atoms with Crippen LogP contribution in [0.15, 0.2) is 24.3 Å². The summed E-state index contributed by atoms with van der Waals surface area (Å²) < 4.78 is 16.7. The number of hydrogen-bond acceptors (Lipinski definition) is 2. The van der Waals surface area contributed by atoms with Gasteiger partial charge in [-0.2, -0.15) is 0 Å². The largest absolute Gasteiger partial charge is 0.328 e. The molecule has 2 nitrogen and oxygen atoms in total. The summed E-state index contributed by atoms with van der Waals surface area (Å²) >= 11 is 0. The van der Waals surface area contributed by atoms with Gasteiger partial charge in [-0.15, -0.1) is 0 Å². The second-order valence-electron chi connectivity index (χ2n) is 2.73. The Labute approximate surface area is 79.8 Å². The van der Waals surface area contributed by atoms with Crippen LogP contribution in [-0.2, 0) is 15.5 Å². The maximum atomic E-state index is 11.6. The lowest BCUT2D eigenvalue weighted by Gasteiger charge is -2.06. The van der Waals surface area contributed by atoms with Crippen molar-refractivity contribution in [1.29, 1.82) is 0 Å². The van der Waals surface area contributed by atoms with Crippen LogP contribution in [0.4, 0.5) is 0 Å². The zero-order valence-electron chi connectivity index (χ0n) is 8.04. The van der Waals surface area contributed by atoms with Crippen molar-refractivity contribution in [3.63, 3.8) is 0 Å². The minimum Gasteiger partial charge on any atom is -0.328 e. The first kappa shape index (κ1) is 10.5. The molecule has 1 rings (SSSR count). The van der Waals surface area contributed by atoms with Gasteiger partial charge in [0.25, 0.3) is 0 Å². The first-order chi connectivity index (χ1) is 6.29. The summed E-state index contributed by atoms with van der Waals surface area (Å²) in [6.45, 7) is 4.42. The standard InChI is InChI=1S/C10H15O2P/c1-3-9-7-5-6-8-10(9)13(11)12-4-2/h5-8,13H,3-4H2,1-2H3. The minimum absolute atomic E-state index is 0.510. The molecule has 1 aromatic carbocycles. The second-order valence-corrected chi connectivity index (χ2v) is 4.13. The van der Waals surface area contributed by atoms with Crippen LogP contribution in [-0.4, -0.2) is 6.61 Å². The molecule has 1 unspecified atom stereocenters. The molecule has 0 aliphatic carbocycles. The third-order valence-electron chi connectivity index (χ3n) is 1.89. The van der Waals surface area contributed by atoms with E-state index >= 15 is 0 Å². The van der Waals surface area contributed by atoms with Crippen molar-refractivity contribution in [2.45, 2.75) is 20.3 Å². The summed E-state index contributed by atoms with van der Waals surface area (Å²) in [7, 11) is -2.01. The SMILES string of the molecule is CCO[PH](=O)c1ccccc1CC. The van der Waals surface area contributed by atoms with E-state index in [1.807, 2.05) is 31.2 Å². The molecule has 72 valence electrons. The van der Waals surface area contributed by atoms with Gasteiger partial charge >= 0.3 is 0 Å². The molecule has 0 fully saturated rings. The summed E-state index contributed by atoms with van der Waals surface area (Å²) in [6, 6.07) is 7.74. The van der Waals surface area contributed by atoms with E-state index in [4.69, 9.17) is 4.52 Å². The monoisotopic (exact) mass is 198 g/mol. The average Bonchev–Trinajstić information content (AvgIpc) is 2.18. The van der Waals surface area contributed by atoms with Gasteiger partial charge in [0.15, 0.2) is 0 Å². The zero-order chi connectivity index (χ0) is 9.68. The molecule has 3 heteroatoms. The molecule has 0 aliphatic heterocycles. The quantitative estimate of drug-likeness (QED) is 0.694. The predicted molar refractivity (Wildman–Crippen MR) is 56.1 cm³/mol. The van der Waals surface area contributed by atoms with Gasteiger partial charge < -0.3 is 4.52 Å². The van der Waals surface area contributed by atoms with E-state index in [1.165, 1.54) is 0 Å². The second kappa shape index (κ2) is 5.21. The average molecular weight is 198 g/mol. The van der Waals surface area contributed by atoms with Gasteiger partial charge in [-0.05, 0) is 25.0 Å². The van der Waals surface area contributed by atoms with Crippen LogP contribution in [0.5, 0.6) is 0 Å². The van der Waals surface area contributed by atoms with Gasteiger partial charge in [-0.1, -0.05) is 25.1 Å².